The number of aryl methyl sites for hydroxylation is 1. The molecule has 0 saturated heterocycles. The molecule has 0 spiro atoms. The Bertz CT molecular complexity index is 976. The molecule has 0 bridgehead atoms. The lowest BCUT2D eigenvalue weighted by Crippen LogP contribution is -2.52. The smallest absolute Gasteiger partial charge is 0.323 e. The average Bonchev–Trinajstić information content (AvgIpc) is 2.83. The van der Waals surface area contributed by atoms with Crippen LogP contribution in [-0.4, -0.2) is 61.8 Å². The quantitative estimate of drug-likeness (QED) is 0.507. The van der Waals surface area contributed by atoms with Gasteiger partial charge in [0.05, 0.1) is 30.6 Å². The first-order valence-electron chi connectivity index (χ1n) is 12.2. The van der Waals surface area contributed by atoms with Gasteiger partial charge in [0.25, 0.3) is 5.91 Å². The van der Waals surface area contributed by atoms with E-state index in [-0.39, 0.29) is 24.0 Å². The molecule has 2 unspecified atom stereocenters. The third-order valence-electron chi connectivity index (χ3n) is 6.10. The zero-order chi connectivity index (χ0) is 24.7. The van der Waals surface area contributed by atoms with Gasteiger partial charge in [0.1, 0.15) is 18.4 Å². The van der Waals surface area contributed by atoms with E-state index in [9.17, 15) is 9.59 Å². The number of rotatable bonds is 11. The van der Waals surface area contributed by atoms with Crippen molar-refractivity contribution in [2.75, 3.05) is 37.9 Å². The van der Waals surface area contributed by atoms with Crippen LogP contribution in [0.4, 0.5) is 5.69 Å². The highest BCUT2D eigenvalue weighted by atomic mass is 16.5. The van der Waals surface area contributed by atoms with E-state index in [1.807, 2.05) is 75.1 Å². The second-order valence-electron chi connectivity index (χ2n) is 8.66. The van der Waals surface area contributed by atoms with Crippen molar-refractivity contribution in [3.05, 3.63) is 59.2 Å². The summed E-state index contributed by atoms with van der Waals surface area (Å²) in [5.41, 5.74) is 3.85. The molecule has 1 N–H and O–H groups in total. The molecule has 7 nitrogen and oxygen atoms in total. The number of nitrogens with zero attached hydrogens (tertiary/aromatic N) is 2. The summed E-state index contributed by atoms with van der Waals surface area (Å²) in [5.74, 6) is 0.547. The minimum Gasteiger partial charge on any atom is -0.491 e. The fourth-order valence-electron chi connectivity index (χ4n) is 4.18. The Morgan fingerprint density at radius 1 is 1.12 bits per heavy atom. The zero-order valence-corrected chi connectivity index (χ0v) is 21.0. The first kappa shape index (κ1) is 25.6. The molecule has 1 heterocycles. The summed E-state index contributed by atoms with van der Waals surface area (Å²) in [5, 5.41) is 3.18. The minimum atomic E-state index is -0.366. The molecule has 2 aromatic carbocycles. The van der Waals surface area contributed by atoms with Gasteiger partial charge in [0.15, 0.2) is 0 Å². The summed E-state index contributed by atoms with van der Waals surface area (Å²) in [4.78, 5) is 29.4. The van der Waals surface area contributed by atoms with Gasteiger partial charge < -0.3 is 24.6 Å². The van der Waals surface area contributed by atoms with Gasteiger partial charge in [-0.15, -0.1) is 0 Å². The summed E-state index contributed by atoms with van der Waals surface area (Å²) in [7, 11) is 0. The molecule has 1 amide bonds. The molecule has 184 valence electrons. The van der Waals surface area contributed by atoms with Gasteiger partial charge in [0, 0.05) is 6.54 Å². The Morgan fingerprint density at radius 3 is 2.50 bits per heavy atom. The highest BCUT2D eigenvalue weighted by Gasteiger charge is 2.31. The van der Waals surface area contributed by atoms with E-state index in [1.165, 1.54) is 0 Å². The van der Waals surface area contributed by atoms with E-state index in [4.69, 9.17) is 9.47 Å². The first-order chi connectivity index (χ1) is 16.4. The van der Waals surface area contributed by atoms with Gasteiger partial charge in [-0.1, -0.05) is 30.7 Å². The summed E-state index contributed by atoms with van der Waals surface area (Å²) in [6.45, 7) is 12.7. The SMILES string of the molecule is CCNC(Cc1ccc(OCC(C)N2CN(CC)c3ccc(C)cc3C2=O)cc1)C(=O)OCC. The second-order valence-corrected chi connectivity index (χ2v) is 8.66. The molecule has 0 aromatic heterocycles. The summed E-state index contributed by atoms with van der Waals surface area (Å²) in [6.07, 6.45) is 0.553. The van der Waals surface area contributed by atoms with Crippen LogP contribution in [0.1, 0.15) is 49.2 Å². The lowest BCUT2D eigenvalue weighted by molar-refractivity contribution is -0.145. The molecule has 0 radical (unpaired) electrons. The Balaban J connectivity index is 1.61. The van der Waals surface area contributed by atoms with Crippen LogP contribution in [0.5, 0.6) is 5.75 Å². The van der Waals surface area contributed by atoms with Crippen molar-refractivity contribution in [1.29, 1.82) is 0 Å². The van der Waals surface area contributed by atoms with Crippen molar-refractivity contribution in [1.82, 2.24) is 10.2 Å². The van der Waals surface area contributed by atoms with E-state index in [1.54, 1.807) is 0 Å². The molecule has 34 heavy (non-hydrogen) atoms. The van der Waals surface area contributed by atoms with Crippen molar-refractivity contribution >= 4 is 17.6 Å². The van der Waals surface area contributed by atoms with E-state index in [2.05, 4.69) is 17.1 Å². The summed E-state index contributed by atoms with van der Waals surface area (Å²) >= 11 is 0. The van der Waals surface area contributed by atoms with Gasteiger partial charge in [0.2, 0.25) is 0 Å². The molecule has 7 heteroatoms. The standard InChI is InChI=1S/C27H37N3O4/c1-6-28-24(27(32)33-8-3)16-21-10-12-22(13-11-21)34-17-20(5)30-18-29(7-2)25-14-9-19(4)15-23(25)26(30)31/h9-15,20,24,28H,6-8,16-18H2,1-5H3. The van der Waals surface area contributed by atoms with Crippen LogP contribution in [0.2, 0.25) is 0 Å². The summed E-state index contributed by atoms with van der Waals surface area (Å²) in [6, 6.07) is 13.3. The van der Waals surface area contributed by atoms with E-state index < -0.39 is 0 Å². The number of likely N-dealkylation sites (N-methyl/N-ethyl adjacent to an activating group) is 1. The highest BCUT2D eigenvalue weighted by molar-refractivity contribution is 6.02. The van der Waals surface area contributed by atoms with Gasteiger partial charge in [-0.2, -0.15) is 0 Å². The predicted octanol–water partition coefficient (Wildman–Crippen LogP) is 3.79. The number of benzene rings is 2. The number of carbonyl (C=O) groups is 2. The number of amides is 1. The maximum absolute atomic E-state index is 13.2. The van der Waals surface area contributed by atoms with E-state index in [0.717, 1.165) is 34.7 Å². The van der Waals surface area contributed by atoms with E-state index >= 15 is 0 Å². The topological polar surface area (TPSA) is 71.1 Å². The van der Waals surface area contributed by atoms with Gasteiger partial charge in [-0.3, -0.25) is 9.59 Å². The number of nitrogens with one attached hydrogen (secondary N) is 1. The number of anilines is 1. The number of fused-ring (bicyclic) bond motifs is 1. The average molecular weight is 468 g/mol. The maximum atomic E-state index is 13.2. The van der Waals surface area contributed by atoms with Crippen molar-refractivity contribution in [3.63, 3.8) is 0 Å². The first-order valence-corrected chi connectivity index (χ1v) is 12.2. The van der Waals surface area contributed by atoms with Crippen LogP contribution < -0.4 is 15.0 Å². The van der Waals surface area contributed by atoms with Crippen LogP contribution in [-0.2, 0) is 16.0 Å². The molecule has 0 aliphatic carbocycles. The zero-order valence-electron chi connectivity index (χ0n) is 21.0. The van der Waals surface area contributed by atoms with E-state index in [0.29, 0.717) is 32.8 Å². The number of carbonyl (C=O) groups excluding carboxylic acids is 2. The van der Waals surface area contributed by atoms with Crippen LogP contribution in [0.15, 0.2) is 42.5 Å². The third kappa shape index (κ3) is 6.08. The fourth-order valence-corrected chi connectivity index (χ4v) is 4.18. The largest absolute Gasteiger partial charge is 0.491 e. The number of hydrogen-bond acceptors (Lipinski definition) is 6. The van der Waals surface area contributed by atoms with Crippen LogP contribution in [0, 0.1) is 6.92 Å². The van der Waals surface area contributed by atoms with Crippen molar-refractivity contribution in [3.8, 4) is 5.75 Å². The minimum absolute atomic E-state index is 0.0447. The van der Waals surface area contributed by atoms with Crippen LogP contribution in [0.3, 0.4) is 0 Å². The number of esters is 1. The van der Waals surface area contributed by atoms with Gasteiger partial charge in [-0.25, -0.2) is 0 Å². The molecule has 1 aliphatic rings. The molecule has 0 saturated carbocycles. The fraction of sp³-hybridized carbons (Fsp3) is 0.481. The maximum Gasteiger partial charge on any atom is 0.323 e. The molecular weight excluding hydrogens is 430 g/mol. The van der Waals surface area contributed by atoms with Crippen molar-refractivity contribution in [2.45, 2.75) is 53.1 Å². The molecule has 2 aromatic rings. The Morgan fingerprint density at radius 2 is 1.85 bits per heavy atom. The summed E-state index contributed by atoms with van der Waals surface area (Å²) < 4.78 is 11.2. The van der Waals surface area contributed by atoms with Gasteiger partial charge in [-0.05, 0) is 70.5 Å². The number of ether oxygens (including phenoxy) is 2. The lowest BCUT2D eigenvalue weighted by atomic mass is 10.0. The Labute approximate surface area is 203 Å². The second kappa shape index (κ2) is 11.9. The molecule has 3 rings (SSSR count). The lowest BCUT2D eigenvalue weighted by Gasteiger charge is -2.40. The van der Waals surface area contributed by atoms with Crippen LogP contribution in [0.25, 0.3) is 0 Å². The highest BCUT2D eigenvalue weighted by Crippen LogP contribution is 2.29. The van der Waals surface area contributed by atoms with Crippen LogP contribution >= 0.6 is 0 Å². The normalized spacial score (nSPS) is 15.0. The van der Waals surface area contributed by atoms with Crippen molar-refractivity contribution < 1.29 is 19.1 Å². The predicted molar refractivity (Wildman–Crippen MR) is 134 cm³/mol. The third-order valence-corrected chi connectivity index (χ3v) is 6.10. The molecule has 2 atom stereocenters. The molecule has 1 aliphatic heterocycles. The van der Waals surface area contributed by atoms with Gasteiger partial charge >= 0.3 is 5.97 Å². The Kier molecular flexibility index (Phi) is 8.93. The molecular formula is C27H37N3O4. The Hall–Kier alpha value is -3.06. The molecule has 0 fully saturated rings. The number of hydrogen-bond donors (Lipinski definition) is 1. The van der Waals surface area contributed by atoms with Crippen molar-refractivity contribution in [2.24, 2.45) is 0 Å². The monoisotopic (exact) mass is 467 g/mol.